The number of aliphatic carboxylic acids is 1. The molecule has 0 radical (unpaired) electrons. The van der Waals surface area contributed by atoms with E-state index in [1.165, 1.54) is 6.92 Å². The van der Waals surface area contributed by atoms with E-state index in [0.29, 0.717) is 0 Å². The van der Waals surface area contributed by atoms with Crippen molar-refractivity contribution in [3.8, 4) is 0 Å². The third-order valence-corrected chi connectivity index (χ3v) is 23.4. The minimum absolute atomic E-state index is 0.853. The summed E-state index contributed by atoms with van der Waals surface area (Å²) in [6, 6.07) is -7.70. The molecule has 10 fully saturated rings. The van der Waals surface area contributed by atoms with E-state index >= 15 is 0 Å². The minimum atomic E-state index is -3.32. The Balaban J connectivity index is 0.956. The van der Waals surface area contributed by atoms with Crippen molar-refractivity contribution in [1.82, 2.24) is 21.3 Å². The maximum atomic E-state index is 13.3. The zero-order chi connectivity index (χ0) is 94.6. The van der Waals surface area contributed by atoms with Gasteiger partial charge in [0.25, 0.3) is 5.79 Å². The molecule has 10 aliphatic heterocycles. The van der Waals surface area contributed by atoms with E-state index in [1.54, 1.807) is 0 Å². The summed E-state index contributed by atoms with van der Waals surface area (Å²) in [4.78, 5) is 64.5. The van der Waals surface area contributed by atoms with Crippen LogP contribution in [-0.2, 0) is 114 Å². The summed E-state index contributed by atoms with van der Waals surface area (Å²) < 4.78 is 112. The molecule has 0 saturated carbocycles. The number of ether oxygens (including phenoxy) is 19. The molecule has 57 heteroatoms. The molecule has 10 saturated heterocycles. The smallest absolute Gasteiger partial charge is 0.364 e. The fraction of sp³-hybridized carbons (Fsp3) is 0.930. The highest BCUT2D eigenvalue weighted by Gasteiger charge is 2.64. The average Bonchev–Trinajstić information content (AvgIpc) is 0.752. The fourth-order valence-corrected chi connectivity index (χ4v) is 16.5. The molecule has 4 amide bonds. The number of carbonyl (C=O) groups excluding carboxylic acids is 4. The summed E-state index contributed by atoms with van der Waals surface area (Å²) in [6.45, 7) is -5.48. The summed E-state index contributed by atoms with van der Waals surface area (Å²) in [5.41, 5.74) is 0. The third-order valence-electron chi connectivity index (χ3n) is 23.4. The van der Waals surface area contributed by atoms with Gasteiger partial charge in [-0.15, -0.1) is 0 Å². The molecule has 10 heterocycles. The first-order chi connectivity index (χ1) is 60.3. The molecule has 0 aromatic carbocycles. The van der Waals surface area contributed by atoms with Crippen molar-refractivity contribution in [2.45, 2.75) is 353 Å². The normalized spacial score (nSPS) is 48.4. The summed E-state index contributed by atoms with van der Waals surface area (Å²) in [5, 5.41) is 333. The summed E-state index contributed by atoms with van der Waals surface area (Å²) in [5.74, 6) is -9.30. The molecule has 740 valence electrons. The summed E-state index contributed by atoms with van der Waals surface area (Å²) in [7, 11) is 0. The number of hydrogen-bond donors (Lipinski definition) is 33. The number of rotatable bonds is 34. The Labute approximate surface area is 723 Å². The Kier molecular flexibility index (Phi) is 37.4. The quantitative estimate of drug-likeness (QED) is 0.0284. The van der Waals surface area contributed by atoms with Gasteiger partial charge in [0, 0.05) is 34.1 Å². The topological polar surface area (TPSA) is 896 Å². The second-order valence-electron chi connectivity index (χ2n) is 32.4. The lowest BCUT2D eigenvalue weighted by molar-refractivity contribution is -0.400. The number of aliphatic hydroxyl groups is 28. The number of amides is 4. The first-order valence-corrected chi connectivity index (χ1v) is 40.6. The second kappa shape index (κ2) is 45.4. The van der Waals surface area contributed by atoms with Gasteiger partial charge in [0.1, 0.15) is 232 Å². The Morgan fingerprint density at radius 2 is 0.680 bits per heavy atom. The third kappa shape index (κ3) is 23.1. The van der Waals surface area contributed by atoms with Crippen LogP contribution < -0.4 is 21.3 Å². The van der Waals surface area contributed by atoms with E-state index in [9.17, 15) is 172 Å². The first-order valence-electron chi connectivity index (χ1n) is 40.6. The lowest BCUT2D eigenvalue weighted by Gasteiger charge is -2.51. The largest absolute Gasteiger partial charge is 0.477 e. The second-order valence-corrected chi connectivity index (χ2v) is 32.4. The van der Waals surface area contributed by atoms with Gasteiger partial charge in [-0.2, -0.15) is 0 Å². The van der Waals surface area contributed by atoms with Crippen LogP contribution >= 0.6 is 0 Å². The van der Waals surface area contributed by atoms with Gasteiger partial charge in [-0.1, -0.05) is 0 Å². The molecule has 51 atom stereocenters. The van der Waals surface area contributed by atoms with Crippen molar-refractivity contribution >= 4 is 29.6 Å². The van der Waals surface area contributed by atoms with Crippen LogP contribution in [-0.4, -0.2) is 550 Å². The van der Waals surface area contributed by atoms with Gasteiger partial charge >= 0.3 is 5.97 Å². The minimum Gasteiger partial charge on any atom is -0.477 e. The van der Waals surface area contributed by atoms with Crippen LogP contribution in [0, 0.1) is 0 Å². The van der Waals surface area contributed by atoms with Gasteiger partial charge in [0.05, 0.1) is 77.7 Å². The van der Waals surface area contributed by atoms with E-state index < -0.39 is 408 Å². The highest BCUT2D eigenvalue weighted by Crippen LogP contribution is 2.43. The zero-order valence-electron chi connectivity index (χ0n) is 68.7. The van der Waals surface area contributed by atoms with Crippen molar-refractivity contribution in [1.29, 1.82) is 0 Å². The van der Waals surface area contributed by atoms with Crippen molar-refractivity contribution in [3.05, 3.63) is 0 Å². The maximum Gasteiger partial charge on any atom is 0.364 e. The Morgan fingerprint density at radius 1 is 0.336 bits per heavy atom. The number of nitrogens with one attached hydrogen (secondary N) is 4. The first kappa shape index (κ1) is 106. The van der Waals surface area contributed by atoms with Crippen molar-refractivity contribution in [3.63, 3.8) is 0 Å². The van der Waals surface area contributed by atoms with Gasteiger partial charge in [-0.05, 0) is 6.92 Å². The lowest BCUT2D eigenvalue weighted by atomic mass is 9.88. The van der Waals surface area contributed by atoms with E-state index in [2.05, 4.69) is 21.3 Å². The molecule has 33 N–H and O–H groups in total. The molecule has 0 spiro atoms. The van der Waals surface area contributed by atoms with Gasteiger partial charge in [-0.25, -0.2) is 4.79 Å². The van der Waals surface area contributed by atoms with Gasteiger partial charge in [-0.3, -0.25) is 19.2 Å². The predicted octanol–water partition coefficient (Wildman–Crippen LogP) is -22.0. The zero-order valence-corrected chi connectivity index (χ0v) is 68.7. The molecule has 10 aliphatic rings. The Bertz CT molecular complexity index is 3530. The molecule has 57 nitrogen and oxygen atoms in total. The number of carbonyl (C=O) groups is 5. The average molecular weight is 1880 g/mol. The Hall–Kier alpha value is -4.53. The van der Waals surface area contributed by atoms with Crippen LogP contribution in [0.5, 0.6) is 0 Å². The van der Waals surface area contributed by atoms with E-state index in [4.69, 9.17) is 90.0 Å². The van der Waals surface area contributed by atoms with Crippen molar-refractivity contribution < 1.29 is 262 Å². The van der Waals surface area contributed by atoms with Crippen LogP contribution in [0.25, 0.3) is 0 Å². The van der Waals surface area contributed by atoms with Gasteiger partial charge in [0.15, 0.2) is 56.6 Å². The standard InChI is InChI=1S/C71H118N4O53/c1-16-35(89)45(99)48(102)64(112-16)111-15-30-55(42(96)32(61(107)113-30)73-18(3)84)121-62-33(74-19(4)85)43(97)53(27(12-81)118-62)122-67-51(105)58(41(95)29(120-67)14-110-65-50(104)57(39(93)25(10-79)114-65)124-66-49(103)46(100)37(91)23(8-77)115-66)125-69-60(47(101)38(92)24(9-78)117-69)126-63-34(75-20(5)86)44(98)54(28(13-82)119-63)123-68-52(106)59(40(94)26(11-80)116-68)128-71(70(108)109)6-21(87)31(72-17(2)83)56(127-71)36(90)22(88)7-76/h16,21-69,76-82,87-107H,6-15H2,1-5H3,(H,72,83)(H,73,84)(H,74,85)(H,75,86)(H,108,109)/t16-,21-,22+,23+,24+,25+,26+,27+,28+,29+,30+,31+,32+,33+,34+,35+,36+,37+,38+,39+,40-,41+,42+,43+,44+,45+,46-,47-,48-,49-,50-,51-,52+,53+,54+,55+,56+,57-,58-,59-,60-,61+,62-,63-,64+,65-,66+,67-,68-,69+,71-/m0/s1. The van der Waals surface area contributed by atoms with Crippen LogP contribution in [0.2, 0.25) is 0 Å². The molecule has 0 bridgehead atoms. The van der Waals surface area contributed by atoms with Crippen LogP contribution in [0.4, 0.5) is 0 Å². The maximum absolute atomic E-state index is 13.3. The molecule has 0 aliphatic carbocycles. The summed E-state index contributed by atoms with van der Waals surface area (Å²) in [6.07, 6.45) is -100. The van der Waals surface area contributed by atoms with Crippen molar-refractivity contribution in [2.24, 2.45) is 0 Å². The number of aliphatic hydroxyl groups excluding tert-OH is 28. The molecule has 128 heavy (non-hydrogen) atoms. The van der Waals surface area contributed by atoms with Crippen LogP contribution in [0.1, 0.15) is 41.0 Å². The predicted molar refractivity (Wildman–Crippen MR) is 392 cm³/mol. The fourth-order valence-electron chi connectivity index (χ4n) is 16.5. The van der Waals surface area contributed by atoms with Gasteiger partial charge < -0.3 is 259 Å². The monoisotopic (exact) mass is 1870 g/mol. The number of hydrogen-bond acceptors (Lipinski definition) is 52. The molecule has 10 rings (SSSR count). The molecular weight excluding hydrogens is 1760 g/mol. The molecular formula is C71H118N4O53. The summed E-state index contributed by atoms with van der Waals surface area (Å²) >= 11 is 0. The van der Waals surface area contributed by atoms with E-state index in [-0.39, 0.29) is 0 Å². The lowest BCUT2D eigenvalue weighted by Crippen LogP contribution is -2.71. The van der Waals surface area contributed by atoms with Crippen LogP contribution in [0.15, 0.2) is 0 Å². The number of carboxylic acids is 1. The molecule has 0 aromatic rings. The van der Waals surface area contributed by atoms with E-state index in [1.807, 2.05) is 0 Å². The van der Waals surface area contributed by atoms with E-state index in [0.717, 1.165) is 27.7 Å². The highest BCUT2D eigenvalue weighted by atomic mass is 16.8. The molecule has 0 unspecified atom stereocenters. The van der Waals surface area contributed by atoms with Crippen molar-refractivity contribution in [2.75, 3.05) is 59.5 Å². The Morgan fingerprint density at radius 3 is 1.17 bits per heavy atom. The SMILES string of the molecule is CC(=O)N[C@@H]1[C@@H](O)[C@H](O[C@@H]2O[C@H](CO)[C@@H](O[C@@H]3O[C@H](CO[C@H]4O[C@H](CO)[C@@H](O)[C@H](O[C@H]5O[C@H](CO)[C@@H](O)[C@H](O)[C@@H]5O)[C@@H]4O)[C@@H](O)[C@H](O[C@H]4O[C@H](CO)[C@@H](O)[C@H](O)[C@@H]4O[C@@H]4O[C@H](CO)[C@@H](O[C@@H]5O[C@H](CO)[C@H](O)[C@H](O[C@]6(C(=O)O)C[C@H](O)[C@@H](NC(C)=O)[C@H]([C@H](O)[C@H](O)CO)O6)[C@H]5O)[C@H](O)[C@H]4NC(C)=O)[C@@H]3O)[C@H](O)[C@H]2NC(C)=O)[C@@H](CO[C@@H]2O[C@@H](C)[C@@H](O)[C@@H](O)[C@@H]2O)O[C@H]1O. The van der Waals surface area contributed by atoms with Crippen LogP contribution in [0.3, 0.4) is 0 Å². The molecule has 0 aromatic heterocycles. The number of carboxylic acid groups (broad SMARTS) is 1. The van der Waals surface area contributed by atoms with Gasteiger partial charge in [0.2, 0.25) is 23.6 Å². The highest BCUT2D eigenvalue weighted by molar-refractivity contribution is 5.77.